The van der Waals surface area contributed by atoms with Crippen molar-refractivity contribution in [2.45, 2.75) is 26.0 Å². The molecule has 10 heteroatoms. The second-order valence-electron chi connectivity index (χ2n) is 5.95. The maximum Gasteiger partial charge on any atom is 0.414 e. The molecule has 2 atom stereocenters. The molecule has 1 saturated heterocycles. The van der Waals surface area contributed by atoms with Gasteiger partial charge >= 0.3 is 6.09 Å². The second kappa shape index (κ2) is 7.34. The predicted molar refractivity (Wildman–Crippen MR) is 94.2 cm³/mol. The number of nitrogens with one attached hydrogen (secondary N) is 1. The van der Waals surface area contributed by atoms with Crippen LogP contribution in [0.2, 0.25) is 0 Å². The Morgan fingerprint density at radius 1 is 1.54 bits per heavy atom. The Morgan fingerprint density at radius 3 is 2.92 bits per heavy atom. The summed E-state index contributed by atoms with van der Waals surface area (Å²) >= 11 is 1.22. The van der Waals surface area contributed by atoms with Gasteiger partial charge < -0.3 is 15.8 Å². The van der Waals surface area contributed by atoms with Crippen molar-refractivity contribution in [1.29, 1.82) is 0 Å². The highest BCUT2D eigenvalue weighted by molar-refractivity contribution is 7.14. The van der Waals surface area contributed by atoms with Crippen LogP contribution in [0, 0.1) is 5.82 Å². The summed E-state index contributed by atoms with van der Waals surface area (Å²) in [6.07, 6.45) is -1.06. The van der Waals surface area contributed by atoms with Crippen LogP contribution in [0.5, 0.6) is 0 Å². The first kappa shape index (κ1) is 18.2. The number of nitrogens with zero attached hydrogens (tertiary/aromatic N) is 3. The minimum atomic E-state index is -0.581. The molecule has 0 aliphatic carbocycles. The summed E-state index contributed by atoms with van der Waals surface area (Å²) in [7, 11) is 0. The van der Waals surface area contributed by atoms with Gasteiger partial charge in [-0.15, -0.1) is 10.2 Å². The fraction of sp³-hybridized carbons (Fsp3) is 0.375. The molecule has 2 aromatic rings. The average molecular weight is 379 g/mol. The van der Waals surface area contributed by atoms with Crippen LogP contribution in [-0.4, -0.2) is 41.4 Å². The van der Waals surface area contributed by atoms with Crippen LogP contribution >= 0.6 is 11.3 Å². The molecular formula is C16H18FN5O3S. The minimum absolute atomic E-state index is 0.210. The van der Waals surface area contributed by atoms with E-state index < -0.39 is 18.0 Å². The van der Waals surface area contributed by atoms with Gasteiger partial charge in [0.05, 0.1) is 24.8 Å². The van der Waals surface area contributed by atoms with E-state index in [1.165, 1.54) is 29.2 Å². The lowest BCUT2D eigenvalue weighted by atomic mass is 10.2. The van der Waals surface area contributed by atoms with E-state index >= 15 is 0 Å². The first-order valence-corrected chi connectivity index (χ1v) is 8.78. The van der Waals surface area contributed by atoms with E-state index in [2.05, 4.69) is 15.5 Å². The van der Waals surface area contributed by atoms with Crippen molar-refractivity contribution in [3.63, 3.8) is 0 Å². The van der Waals surface area contributed by atoms with Crippen LogP contribution in [0.3, 0.4) is 0 Å². The molecule has 1 aromatic carbocycles. The molecule has 0 bridgehead atoms. The van der Waals surface area contributed by atoms with Crippen LogP contribution in [0.15, 0.2) is 18.2 Å². The number of benzene rings is 1. The molecular weight excluding hydrogens is 361 g/mol. The summed E-state index contributed by atoms with van der Waals surface area (Å²) in [6, 6.07) is 4.14. The van der Waals surface area contributed by atoms with Crippen molar-refractivity contribution >= 4 is 29.0 Å². The molecule has 138 valence electrons. The first-order chi connectivity index (χ1) is 12.3. The number of nitrogens with two attached hydrogens (primary N) is 1. The fourth-order valence-corrected chi connectivity index (χ4v) is 3.29. The molecule has 8 nitrogen and oxygen atoms in total. The van der Waals surface area contributed by atoms with Gasteiger partial charge in [0, 0.05) is 12.5 Å². The van der Waals surface area contributed by atoms with Gasteiger partial charge in [-0.25, -0.2) is 9.18 Å². The Balaban J connectivity index is 1.76. The molecule has 0 unspecified atom stereocenters. The van der Waals surface area contributed by atoms with Crippen molar-refractivity contribution in [3.05, 3.63) is 29.0 Å². The number of hydrogen-bond donors (Lipinski definition) is 2. The molecule has 1 aromatic heterocycles. The minimum Gasteiger partial charge on any atom is -0.442 e. The van der Waals surface area contributed by atoms with E-state index in [-0.39, 0.29) is 25.0 Å². The summed E-state index contributed by atoms with van der Waals surface area (Å²) in [5.74, 6) is -0.730. The third-order valence-electron chi connectivity index (χ3n) is 3.78. The third kappa shape index (κ3) is 3.81. The molecule has 3 N–H and O–H groups in total. The Labute approximate surface area is 153 Å². The summed E-state index contributed by atoms with van der Waals surface area (Å²) in [6.45, 7) is 3.60. The molecule has 3 rings (SSSR count). The Kier molecular flexibility index (Phi) is 5.14. The molecule has 1 aliphatic rings. The van der Waals surface area contributed by atoms with Crippen molar-refractivity contribution in [2.24, 2.45) is 5.73 Å². The lowest BCUT2D eigenvalue weighted by molar-refractivity contribution is -0.119. The second-order valence-corrected chi connectivity index (χ2v) is 6.96. The van der Waals surface area contributed by atoms with Gasteiger partial charge in [0.25, 0.3) is 0 Å². The van der Waals surface area contributed by atoms with Gasteiger partial charge in [0.15, 0.2) is 5.01 Å². The van der Waals surface area contributed by atoms with E-state index in [0.717, 1.165) is 0 Å². The molecule has 2 amide bonds. The Bertz CT molecular complexity index is 841. The molecule has 0 radical (unpaired) electrons. The number of carbonyl (C=O) groups is 2. The van der Waals surface area contributed by atoms with Crippen molar-refractivity contribution < 1.29 is 18.7 Å². The zero-order valence-electron chi connectivity index (χ0n) is 14.2. The topological polar surface area (TPSA) is 110 Å². The number of rotatable bonds is 5. The maximum atomic E-state index is 14.5. The maximum absolute atomic E-state index is 14.5. The lowest BCUT2D eigenvalue weighted by Gasteiger charge is -2.14. The SMILES string of the molecule is CC(=O)NC[C@H]1CN(c2ccc(-c3nnc([C@H](C)N)s3)c(F)c2)C(=O)O1. The average Bonchev–Trinajstić information content (AvgIpc) is 3.20. The summed E-state index contributed by atoms with van der Waals surface area (Å²) < 4.78 is 19.7. The van der Waals surface area contributed by atoms with E-state index in [1.807, 2.05) is 0 Å². The quantitative estimate of drug-likeness (QED) is 0.820. The van der Waals surface area contributed by atoms with Gasteiger partial charge in [-0.3, -0.25) is 9.69 Å². The monoisotopic (exact) mass is 379 g/mol. The van der Waals surface area contributed by atoms with E-state index in [1.54, 1.807) is 19.1 Å². The normalized spacial score (nSPS) is 17.9. The molecule has 26 heavy (non-hydrogen) atoms. The number of hydrogen-bond acceptors (Lipinski definition) is 7. The Hall–Kier alpha value is -2.59. The summed E-state index contributed by atoms with van der Waals surface area (Å²) in [5, 5.41) is 11.5. The van der Waals surface area contributed by atoms with Crippen LogP contribution < -0.4 is 16.0 Å². The smallest absolute Gasteiger partial charge is 0.414 e. The molecule has 2 heterocycles. The van der Waals surface area contributed by atoms with Gasteiger partial charge in [-0.2, -0.15) is 0 Å². The van der Waals surface area contributed by atoms with Gasteiger partial charge in [-0.05, 0) is 25.1 Å². The number of halogens is 1. The highest BCUT2D eigenvalue weighted by Gasteiger charge is 2.32. The first-order valence-electron chi connectivity index (χ1n) is 7.96. The molecule has 1 aliphatic heterocycles. The highest BCUT2D eigenvalue weighted by Crippen LogP contribution is 2.31. The third-order valence-corrected chi connectivity index (χ3v) is 4.94. The van der Waals surface area contributed by atoms with Crippen LogP contribution in [0.25, 0.3) is 10.6 Å². The summed E-state index contributed by atoms with van der Waals surface area (Å²) in [5.41, 5.74) is 6.42. The van der Waals surface area contributed by atoms with Crippen LogP contribution in [0.1, 0.15) is 24.9 Å². The number of cyclic esters (lactones) is 1. The standard InChI is InChI=1S/C16H18FN5O3S/c1-8(18)14-20-21-15(26-14)12-4-3-10(5-13(12)17)22-7-11(25-16(22)24)6-19-9(2)23/h3-5,8,11H,6-7,18H2,1-2H3,(H,19,23)/t8-,11-/m0/s1. The number of amides is 2. The predicted octanol–water partition coefficient (Wildman–Crippen LogP) is 1.83. The number of anilines is 1. The Morgan fingerprint density at radius 2 is 2.31 bits per heavy atom. The van der Waals surface area contributed by atoms with Gasteiger partial charge in [0.1, 0.15) is 16.9 Å². The van der Waals surface area contributed by atoms with E-state index in [0.29, 0.717) is 21.3 Å². The van der Waals surface area contributed by atoms with E-state index in [9.17, 15) is 14.0 Å². The van der Waals surface area contributed by atoms with Crippen LogP contribution in [0.4, 0.5) is 14.9 Å². The number of ether oxygens (including phenoxy) is 1. The molecule has 1 fully saturated rings. The van der Waals surface area contributed by atoms with Crippen molar-refractivity contribution in [2.75, 3.05) is 18.0 Å². The van der Waals surface area contributed by atoms with Gasteiger partial charge in [-0.1, -0.05) is 11.3 Å². The zero-order valence-corrected chi connectivity index (χ0v) is 15.0. The van der Waals surface area contributed by atoms with Gasteiger partial charge in [0.2, 0.25) is 5.91 Å². The zero-order chi connectivity index (χ0) is 18.8. The number of carbonyl (C=O) groups excluding carboxylic acids is 2. The lowest BCUT2D eigenvalue weighted by Crippen LogP contribution is -2.33. The van der Waals surface area contributed by atoms with Crippen LogP contribution in [-0.2, 0) is 9.53 Å². The van der Waals surface area contributed by atoms with Crippen molar-refractivity contribution in [1.82, 2.24) is 15.5 Å². The summed E-state index contributed by atoms with van der Waals surface area (Å²) in [4.78, 5) is 24.3. The largest absolute Gasteiger partial charge is 0.442 e. The number of aromatic nitrogens is 2. The fourth-order valence-electron chi connectivity index (χ4n) is 2.47. The van der Waals surface area contributed by atoms with E-state index in [4.69, 9.17) is 10.5 Å². The van der Waals surface area contributed by atoms with Crippen molar-refractivity contribution in [3.8, 4) is 10.6 Å². The molecule has 0 spiro atoms. The highest BCUT2D eigenvalue weighted by atomic mass is 32.1. The molecule has 0 saturated carbocycles.